The van der Waals surface area contributed by atoms with E-state index in [1.54, 1.807) is 5.51 Å². The second kappa shape index (κ2) is 6.81. The zero-order valence-electron chi connectivity index (χ0n) is 10.7. The molecule has 0 aliphatic carbocycles. The van der Waals surface area contributed by atoms with Crippen molar-refractivity contribution in [1.82, 2.24) is 10.3 Å². The molecule has 0 aliphatic heterocycles. The van der Waals surface area contributed by atoms with Crippen LogP contribution >= 0.6 is 11.3 Å². The van der Waals surface area contributed by atoms with E-state index in [9.17, 15) is 9.59 Å². The first-order chi connectivity index (χ1) is 9.66. The van der Waals surface area contributed by atoms with Crippen LogP contribution in [-0.4, -0.2) is 22.0 Å². The standard InChI is InChI=1S/C14H14N2O3S/c17-13(18)7-6-11(10-4-2-1-3-5-10)16-14(19)12-8-15-9-20-12/h1-5,8-9,11H,6-7H2,(H,16,19)(H,17,18). The molecule has 2 rings (SSSR count). The lowest BCUT2D eigenvalue weighted by molar-refractivity contribution is -0.137. The number of nitrogens with one attached hydrogen (secondary N) is 1. The fourth-order valence-corrected chi connectivity index (χ4v) is 2.36. The largest absolute Gasteiger partial charge is 0.481 e. The summed E-state index contributed by atoms with van der Waals surface area (Å²) < 4.78 is 0. The molecule has 5 nitrogen and oxygen atoms in total. The van der Waals surface area contributed by atoms with Crippen molar-refractivity contribution in [2.45, 2.75) is 18.9 Å². The second-order valence-electron chi connectivity index (χ2n) is 4.23. The second-order valence-corrected chi connectivity index (χ2v) is 5.12. The van der Waals surface area contributed by atoms with Gasteiger partial charge in [0.2, 0.25) is 0 Å². The van der Waals surface area contributed by atoms with Crippen molar-refractivity contribution in [1.29, 1.82) is 0 Å². The Hall–Kier alpha value is -2.21. The number of rotatable bonds is 6. The maximum absolute atomic E-state index is 12.0. The van der Waals surface area contributed by atoms with Crippen molar-refractivity contribution in [3.63, 3.8) is 0 Å². The Morgan fingerprint density at radius 1 is 1.30 bits per heavy atom. The number of thiazole rings is 1. The Labute approximate surface area is 120 Å². The minimum absolute atomic E-state index is 0.00251. The molecule has 1 unspecified atom stereocenters. The van der Waals surface area contributed by atoms with Gasteiger partial charge in [-0.25, -0.2) is 0 Å². The molecule has 6 heteroatoms. The van der Waals surface area contributed by atoms with Crippen molar-refractivity contribution < 1.29 is 14.7 Å². The quantitative estimate of drug-likeness (QED) is 0.856. The molecule has 1 heterocycles. The van der Waals surface area contributed by atoms with E-state index in [4.69, 9.17) is 5.11 Å². The highest BCUT2D eigenvalue weighted by molar-refractivity contribution is 7.11. The highest BCUT2D eigenvalue weighted by atomic mass is 32.1. The van der Waals surface area contributed by atoms with Gasteiger partial charge in [0.15, 0.2) is 0 Å². The zero-order valence-corrected chi connectivity index (χ0v) is 11.5. The maximum atomic E-state index is 12.0. The summed E-state index contributed by atoms with van der Waals surface area (Å²) in [5.41, 5.74) is 2.48. The molecule has 0 bridgehead atoms. The molecule has 0 radical (unpaired) electrons. The van der Waals surface area contributed by atoms with Gasteiger partial charge in [-0.15, -0.1) is 11.3 Å². The van der Waals surface area contributed by atoms with Crippen LogP contribution in [-0.2, 0) is 4.79 Å². The summed E-state index contributed by atoms with van der Waals surface area (Å²) in [5, 5.41) is 11.7. The summed E-state index contributed by atoms with van der Waals surface area (Å²) in [6.07, 6.45) is 1.85. The van der Waals surface area contributed by atoms with Crippen LogP contribution in [0.1, 0.15) is 34.1 Å². The van der Waals surface area contributed by atoms with Crippen LogP contribution in [0.3, 0.4) is 0 Å². The van der Waals surface area contributed by atoms with E-state index in [2.05, 4.69) is 10.3 Å². The van der Waals surface area contributed by atoms with Crippen LogP contribution in [0.4, 0.5) is 0 Å². The van der Waals surface area contributed by atoms with Crippen molar-refractivity contribution in [2.24, 2.45) is 0 Å². The van der Waals surface area contributed by atoms with Crippen molar-refractivity contribution in [3.05, 3.63) is 52.5 Å². The fourth-order valence-electron chi connectivity index (χ4n) is 1.83. The molecular weight excluding hydrogens is 276 g/mol. The Balaban J connectivity index is 2.10. The monoisotopic (exact) mass is 290 g/mol. The van der Waals surface area contributed by atoms with E-state index in [1.165, 1.54) is 17.5 Å². The molecule has 0 spiro atoms. The number of carbonyl (C=O) groups excluding carboxylic acids is 1. The van der Waals surface area contributed by atoms with Crippen LogP contribution in [0.5, 0.6) is 0 Å². The molecular formula is C14H14N2O3S. The van der Waals surface area contributed by atoms with E-state index in [0.717, 1.165) is 5.56 Å². The van der Waals surface area contributed by atoms with E-state index in [-0.39, 0.29) is 18.4 Å². The Morgan fingerprint density at radius 2 is 2.05 bits per heavy atom. The Kier molecular flexibility index (Phi) is 4.84. The molecule has 1 amide bonds. The molecule has 1 aromatic carbocycles. The SMILES string of the molecule is O=C(O)CCC(NC(=O)c1cncs1)c1ccccc1. The lowest BCUT2D eigenvalue weighted by Crippen LogP contribution is -2.28. The third kappa shape index (κ3) is 3.89. The van der Waals surface area contributed by atoms with Gasteiger partial charge in [-0.1, -0.05) is 30.3 Å². The normalized spacial score (nSPS) is 11.8. The molecule has 1 atom stereocenters. The number of amides is 1. The van der Waals surface area contributed by atoms with Crippen molar-refractivity contribution in [3.8, 4) is 0 Å². The molecule has 0 fully saturated rings. The predicted molar refractivity (Wildman–Crippen MR) is 75.6 cm³/mol. The van der Waals surface area contributed by atoms with Gasteiger partial charge in [0, 0.05) is 6.42 Å². The first kappa shape index (κ1) is 14.2. The van der Waals surface area contributed by atoms with Gasteiger partial charge in [-0.05, 0) is 12.0 Å². The van der Waals surface area contributed by atoms with E-state index in [1.807, 2.05) is 30.3 Å². The number of aliphatic carboxylic acids is 1. The average Bonchev–Trinajstić information content (AvgIpc) is 2.98. The van der Waals surface area contributed by atoms with Crippen LogP contribution in [0.15, 0.2) is 42.0 Å². The maximum Gasteiger partial charge on any atom is 0.303 e. The van der Waals surface area contributed by atoms with E-state index in [0.29, 0.717) is 11.3 Å². The first-order valence-corrected chi connectivity index (χ1v) is 7.01. The first-order valence-electron chi connectivity index (χ1n) is 6.13. The van der Waals surface area contributed by atoms with Crippen LogP contribution in [0.2, 0.25) is 0 Å². The summed E-state index contributed by atoms with van der Waals surface area (Å²) >= 11 is 1.25. The van der Waals surface area contributed by atoms with Gasteiger partial charge in [0.25, 0.3) is 5.91 Å². The van der Waals surface area contributed by atoms with E-state index < -0.39 is 5.97 Å². The summed E-state index contributed by atoms with van der Waals surface area (Å²) in [6.45, 7) is 0. The summed E-state index contributed by atoms with van der Waals surface area (Å²) in [6, 6.07) is 9.04. The molecule has 0 saturated carbocycles. The number of carboxylic acid groups (broad SMARTS) is 1. The summed E-state index contributed by atoms with van der Waals surface area (Å²) in [5.74, 6) is -1.11. The predicted octanol–water partition coefficient (Wildman–Crippen LogP) is 2.48. The molecule has 104 valence electrons. The number of carbonyl (C=O) groups is 2. The number of aromatic nitrogens is 1. The van der Waals surface area contributed by atoms with Crippen molar-refractivity contribution in [2.75, 3.05) is 0 Å². The molecule has 0 saturated heterocycles. The third-order valence-electron chi connectivity index (χ3n) is 2.81. The number of benzene rings is 1. The highest BCUT2D eigenvalue weighted by Gasteiger charge is 2.17. The zero-order chi connectivity index (χ0) is 14.4. The third-order valence-corrected chi connectivity index (χ3v) is 3.58. The van der Waals surface area contributed by atoms with Crippen molar-refractivity contribution >= 4 is 23.2 Å². The lowest BCUT2D eigenvalue weighted by Gasteiger charge is -2.18. The number of hydrogen-bond donors (Lipinski definition) is 2. The minimum Gasteiger partial charge on any atom is -0.481 e. The minimum atomic E-state index is -0.877. The van der Waals surface area contributed by atoms with Gasteiger partial charge in [0.05, 0.1) is 17.7 Å². The molecule has 2 aromatic rings. The number of carboxylic acids is 1. The summed E-state index contributed by atoms with van der Waals surface area (Å²) in [7, 11) is 0. The lowest BCUT2D eigenvalue weighted by atomic mass is 10.0. The fraction of sp³-hybridized carbons (Fsp3) is 0.214. The Morgan fingerprint density at radius 3 is 2.65 bits per heavy atom. The van der Waals surface area contributed by atoms with Crippen LogP contribution in [0, 0.1) is 0 Å². The van der Waals surface area contributed by atoms with E-state index >= 15 is 0 Å². The summed E-state index contributed by atoms with van der Waals surface area (Å²) in [4.78, 5) is 27.2. The van der Waals surface area contributed by atoms with Gasteiger partial charge >= 0.3 is 5.97 Å². The molecule has 2 N–H and O–H groups in total. The highest BCUT2D eigenvalue weighted by Crippen LogP contribution is 2.19. The van der Waals surface area contributed by atoms with Gasteiger partial charge in [-0.2, -0.15) is 0 Å². The average molecular weight is 290 g/mol. The van der Waals surface area contributed by atoms with Crippen LogP contribution < -0.4 is 5.32 Å². The molecule has 0 aliphatic rings. The molecule has 1 aromatic heterocycles. The van der Waals surface area contributed by atoms with Gasteiger partial charge in [0.1, 0.15) is 4.88 Å². The Bertz CT molecular complexity index is 569. The topological polar surface area (TPSA) is 79.3 Å². The van der Waals surface area contributed by atoms with Crippen LogP contribution in [0.25, 0.3) is 0 Å². The number of hydrogen-bond acceptors (Lipinski definition) is 4. The van der Waals surface area contributed by atoms with Gasteiger partial charge in [-0.3, -0.25) is 14.6 Å². The number of nitrogens with zero attached hydrogens (tertiary/aromatic N) is 1. The molecule has 20 heavy (non-hydrogen) atoms. The smallest absolute Gasteiger partial charge is 0.303 e. The van der Waals surface area contributed by atoms with Gasteiger partial charge < -0.3 is 10.4 Å².